The van der Waals surface area contributed by atoms with Gasteiger partial charge in [0.2, 0.25) is 0 Å². The minimum Gasteiger partial charge on any atom is -0.480 e. The van der Waals surface area contributed by atoms with E-state index in [0.717, 1.165) is 11.3 Å². The summed E-state index contributed by atoms with van der Waals surface area (Å²) in [5.74, 6) is -2.20. The largest absolute Gasteiger partial charge is 0.480 e. The molecule has 0 bridgehead atoms. The Morgan fingerprint density at radius 3 is 2.60 bits per heavy atom. The first-order valence-electron chi connectivity index (χ1n) is 6.12. The summed E-state index contributed by atoms with van der Waals surface area (Å²) in [6.45, 7) is 3.42. The highest BCUT2D eigenvalue weighted by Gasteiger charge is 2.24. The van der Waals surface area contributed by atoms with Crippen molar-refractivity contribution in [1.29, 1.82) is 0 Å². The summed E-state index contributed by atoms with van der Waals surface area (Å²) in [6.07, 6.45) is 0. The molecule has 106 valence electrons. The van der Waals surface area contributed by atoms with Crippen LogP contribution >= 0.6 is 11.3 Å². The van der Waals surface area contributed by atoms with Crippen molar-refractivity contribution in [1.82, 2.24) is 5.32 Å². The quantitative estimate of drug-likeness (QED) is 0.911. The minimum absolute atomic E-state index is 0.234. The zero-order chi connectivity index (χ0) is 14.9. The van der Waals surface area contributed by atoms with Crippen LogP contribution < -0.4 is 5.32 Å². The molecule has 6 heteroatoms. The van der Waals surface area contributed by atoms with Crippen molar-refractivity contribution in [3.8, 4) is 0 Å². The first kappa shape index (κ1) is 14.5. The lowest BCUT2D eigenvalue weighted by Crippen LogP contribution is -2.44. The Bertz CT molecular complexity index is 665. The molecule has 0 unspecified atom stereocenters. The van der Waals surface area contributed by atoms with E-state index >= 15 is 0 Å². The van der Waals surface area contributed by atoms with E-state index in [2.05, 4.69) is 5.32 Å². The van der Waals surface area contributed by atoms with Gasteiger partial charge in [0.05, 0.1) is 4.88 Å². The smallest absolute Gasteiger partial charge is 0.326 e. The van der Waals surface area contributed by atoms with Crippen LogP contribution in [0.2, 0.25) is 0 Å². The van der Waals surface area contributed by atoms with Crippen LogP contribution in [-0.4, -0.2) is 23.0 Å². The van der Waals surface area contributed by atoms with Gasteiger partial charge in [-0.3, -0.25) is 4.79 Å². The van der Waals surface area contributed by atoms with E-state index in [1.807, 2.05) is 0 Å². The second-order valence-electron chi connectivity index (χ2n) is 4.80. The number of rotatable bonds is 4. The third kappa shape index (κ3) is 2.80. The molecule has 0 aliphatic carbocycles. The lowest BCUT2D eigenvalue weighted by Gasteiger charge is -2.17. The molecule has 0 aliphatic heterocycles. The number of halogens is 1. The molecule has 1 heterocycles. The van der Waals surface area contributed by atoms with E-state index in [4.69, 9.17) is 5.11 Å². The van der Waals surface area contributed by atoms with E-state index in [0.29, 0.717) is 15.0 Å². The van der Waals surface area contributed by atoms with Gasteiger partial charge in [0.15, 0.2) is 0 Å². The van der Waals surface area contributed by atoms with Gasteiger partial charge in [-0.2, -0.15) is 0 Å². The molecule has 1 aromatic carbocycles. The number of carbonyl (C=O) groups is 2. The molecule has 0 saturated heterocycles. The van der Waals surface area contributed by atoms with Gasteiger partial charge in [0, 0.05) is 10.1 Å². The summed E-state index contributed by atoms with van der Waals surface area (Å²) in [7, 11) is 0. The lowest BCUT2D eigenvalue weighted by atomic mass is 10.0. The summed E-state index contributed by atoms with van der Waals surface area (Å²) in [4.78, 5) is 23.4. The fraction of sp³-hybridized carbons (Fsp3) is 0.286. The summed E-state index contributed by atoms with van der Waals surface area (Å²) in [5.41, 5.74) is 0. The molecule has 4 nitrogen and oxygen atoms in total. The van der Waals surface area contributed by atoms with Crippen LogP contribution in [0.3, 0.4) is 0 Å². The molecule has 1 aromatic heterocycles. The molecule has 1 amide bonds. The summed E-state index contributed by atoms with van der Waals surface area (Å²) < 4.78 is 14.2. The van der Waals surface area contributed by atoms with E-state index < -0.39 is 23.7 Å². The molecular formula is C14H14FNO3S. The van der Waals surface area contributed by atoms with Crippen molar-refractivity contribution >= 4 is 33.3 Å². The summed E-state index contributed by atoms with van der Waals surface area (Å²) in [5, 5.41) is 11.9. The van der Waals surface area contributed by atoms with Crippen molar-refractivity contribution in [3.63, 3.8) is 0 Å². The maximum atomic E-state index is 13.6. The zero-order valence-electron chi connectivity index (χ0n) is 11.0. The molecule has 2 rings (SSSR count). The highest BCUT2D eigenvalue weighted by Crippen LogP contribution is 2.27. The number of carbonyl (C=O) groups excluding carboxylic acids is 1. The number of benzene rings is 1. The fourth-order valence-electron chi connectivity index (χ4n) is 1.86. The van der Waals surface area contributed by atoms with Crippen LogP contribution in [0.4, 0.5) is 4.39 Å². The number of aliphatic carboxylic acids is 1. The van der Waals surface area contributed by atoms with Crippen molar-refractivity contribution in [2.24, 2.45) is 5.92 Å². The van der Waals surface area contributed by atoms with Crippen LogP contribution in [0.15, 0.2) is 24.3 Å². The van der Waals surface area contributed by atoms with Gasteiger partial charge in [0.1, 0.15) is 11.9 Å². The van der Waals surface area contributed by atoms with Crippen LogP contribution in [0.5, 0.6) is 0 Å². The van der Waals surface area contributed by atoms with Gasteiger partial charge in [-0.1, -0.05) is 19.9 Å². The zero-order valence-corrected chi connectivity index (χ0v) is 11.8. The number of carboxylic acids is 1. The van der Waals surface area contributed by atoms with E-state index in [9.17, 15) is 14.0 Å². The van der Waals surface area contributed by atoms with Gasteiger partial charge in [0.25, 0.3) is 5.91 Å². The predicted octanol–water partition coefficient (Wildman–Crippen LogP) is 2.88. The predicted molar refractivity (Wildman–Crippen MR) is 75.5 cm³/mol. The molecule has 1 atom stereocenters. The van der Waals surface area contributed by atoms with Crippen LogP contribution in [0.1, 0.15) is 23.5 Å². The van der Waals surface area contributed by atoms with Crippen LogP contribution in [-0.2, 0) is 4.79 Å². The number of fused-ring (bicyclic) bond motifs is 1. The molecule has 2 N–H and O–H groups in total. The highest BCUT2D eigenvalue weighted by atomic mass is 32.1. The second-order valence-corrected chi connectivity index (χ2v) is 5.88. The average Bonchev–Trinajstić information content (AvgIpc) is 2.80. The Hall–Kier alpha value is -1.95. The number of hydrogen-bond donors (Lipinski definition) is 2. The maximum Gasteiger partial charge on any atom is 0.326 e. The number of thiophene rings is 1. The Morgan fingerprint density at radius 2 is 2.05 bits per heavy atom. The monoisotopic (exact) mass is 295 g/mol. The molecule has 0 spiro atoms. The van der Waals surface area contributed by atoms with Gasteiger partial charge in [-0.05, 0) is 24.1 Å². The van der Waals surface area contributed by atoms with Crippen molar-refractivity contribution in [3.05, 3.63) is 35.0 Å². The SMILES string of the molecule is CC(C)[C@@H](NC(=O)c1cc2c(F)cccc2s1)C(=O)O. The Morgan fingerprint density at radius 1 is 1.35 bits per heavy atom. The Kier molecular flexibility index (Phi) is 4.04. The van der Waals surface area contributed by atoms with Crippen molar-refractivity contribution in [2.45, 2.75) is 19.9 Å². The summed E-state index contributed by atoms with van der Waals surface area (Å²) in [6, 6.07) is 5.10. The molecule has 0 fully saturated rings. The molecular weight excluding hydrogens is 281 g/mol. The molecule has 20 heavy (non-hydrogen) atoms. The van der Waals surface area contributed by atoms with E-state index in [1.165, 1.54) is 12.1 Å². The van der Waals surface area contributed by atoms with Gasteiger partial charge < -0.3 is 10.4 Å². The van der Waals surface area contributed by atoms with Gasteiger partial charge in [-0.15, -0.1) is 11.3 Å². The topological polar surface area (TPSA) is 66.4 Å². The first-order chi connectivity index (χ1) is 9.40. The number of nitrogens with one attached hydrogen (secondary N) is 1. The van der Waals surface area contributed by atoms with Crippen molar-refractivity contribution in [2.75, 3.05) is 0 Å². The third-order valence-electron chi connectivity index (χ3n) is 2.95. The number of carboxylic acid groups (broad SMARTS) is 1. The number of amides is 1. The standard InChI is InChI=1S/C14H14FNO3S/c1-7(2)12(14(18)19)16-13(17)11-6-8-9(15)4-3-5-10(8)20-11/h3-7,12H,1-2H3,(H,16,17)(H,18,19)/t12-/m1/s1. The fourth-order valence-corrected chi connectivity index (χ4v) is 2.84. The minimum atomic E-state index is -1.08. The van der Waals surface area contributed by atoms with Gasteiger partial charge in [-0.25, -0.2) is 9.18 Å². The first-order valence-corrected chi connectivity index (χ1v) is 6.93. The normalized spacial score (nSPS) is 12.6. The lowest BCUT2D eigenvalue weighted by molar-refractivity contribution is -0.140. The van der Waals surface area contributed by atoms with Crippen LogP contribution in [0, 0.1) is 11.7 Å². The summed E-state index contributed by atoms with van der Waals surface area (Å²) >= 11 is 1.14. The average molecular weight is 295 g/mol. The Labute approximate surface area is 119 Å². The second kappa shape index (κ2) is 5.58. The maximum absolute atomic E-state index is 13.6. The third-order valence-corrected chi connectivity index (χ3v) is 4.05. The Balaban J connectivity index is 2.27. The van der Waals surface area contributed by atoms with E-state index in [-0.39, 0.29) is 5.92 Å². The van der Waals surface area contributed by atoms with E-state index in [1.54, 1.807) is 26.0 Å². The molecule has 0 saturated carbocycles. The molecule has 0 aliphatic rings. The van der Waals surface area contributed by atoms with Crippen LogP contribution in [0.25, 0.3) is 10.1 Å². The molecule has 2 aromatic rings. The van der Waals surface area contributed by atoms with Gasteiger partial charge >= 0.3 is 5.97 Å². The highest BCUT2D eigenvalue weighted by molar-refractivity contribution is 7.20. The van der Waals surface area contributed by atoms with Crippen molar-refractivity contribution < 1.29 is 19.1 Å². The molecule has 0 radical (unpaired) electrons. The number of hydrogen-bond acceptors (Lipinski definition) is 3.